The maximum Gasteiger partial charge on any atom is 0.573 e. The van der Waals surface area contributed by atoms with Crippen LogP contribution < -0.4 is 15.4 Å². The van der Waals surface area contributed by atoms with Crippen LogP contribution in [0, 0.1) is 0 Å². The lowest BCUT2D eigenvalue weighted by atomic mass is 10.2. The summed E-state index contributed by atoms with van der Waals surface area (Å²) in [5.74, 6) is -0.442. The number of anilines is 1. The molecule has 2 N–H and O–H groups in total. The van der Waals surface area contributed by atoms with Crippen LogP contribution in [0.25, 0.3) is 0 Å². The zero-order valence-electron chi connectivity index (χ0n) is 15.4. The van der Waals surface area contributed by atoms with Gasteiger partial charge in [0.1, 0.15) is 0 Å². The van der Waals surface area contributed by atoms with Gasteiger partial charge >= 0.3 is 12.4 Å². The minimum absolute atomic E-state index is 0.0313. The van der Waals surface area contributed by atoms with Gasteiger partial charge in [0.2, 0.25) is 0 Å². The summed E-state index contributed by atoms with van der Waals surface area (Å²) < 4.78 is 41.1. The topological polar surface area (TPSA) is 53.6 Å². The number of alkyl halides is 3. The largest absolute Gasteiger partial charge is 0.573 e. The van der Waals surface area contributed by atoms with Gasteiger partial charge in [-0.3, -0.25) is 0 Å². The van der Waals surface area contributed by atoms with Crippen LogP contribution >= 0.6 is 0 Å². The lowest BCUT2D eigenvalue weighted by Crippen LogP contribution is -2.38. The summed E-state index contributed by atoms with van der Waals surface area (Å²) in [6, 6.07) is 4.88. The zero-order valence-corrected chi connectivity index (χ0v) is 15.4. The van der Waals surface area contributed by atoms with Crippen molar-refractivity contribution in [2.24, 2.45) is 0 Å². The van der Waals surface area contributed by atoms with E-state index >= 15 is 0 Å². The number of rotatable bonds is 11. The second-order valence-corrected chi connectivity index (χ2v) is 5.97. The number of para-hydroxylation sites is 2. The van der Waals surface area contributed by atoms with Crippen molar-refractivity contribution in [3.8, 4) is 5.75 Å². The van der Waals surface area contributed by atoms with Crippen LogP contribution in [0.1, 0.15) is 39.5 Å². The van der Waals surface area contributed by atoms with Crippen LogP contribution in [0.4, 0.5) is 23.7 Å². The first-order valence-corrected chi connectivity index (χ1v) is 8.97. The zero-order chi connectivity index (χ0) is 19.4. The summed E-state index contributed by atoms with van der Waals surface area (Å²) in [6.45, 7) is 7.33. The summed E-state index contributed by atoms with van der Waals surface area (Å²) in [6.07, 6.45) is -0.414. The number of halogens is 3. The second-order valence-electron chi connectivity index (χ2n) is 5.97. The summed E-state index contributed by atoms with van der Waals surface area (Å²) in [7, 11) is 0. The van der Waals surface area contributed by atoms with Gasteiger partial charge in [0.15, 0.2) is 5.75 Å². The van der Waals surface area contributed by atoms with Crippen molar-refractivity contribution in [1.82, 2.24) is 10.2 Å². The van der Waals surface area contributed by atoms with Crippen LogP contribution in [0.3, 0.4) is 0 Å². The molecule has 0 aromatic heterocycles. The number of carbonyl (C=O) groups excluding carboxylic acids is 1. The van der Waals surface area contributed by atoms with Crippen LogP contribution in [-0.2, 0) is 0 Å². The van der Waals surface area contributed by atoms with Crippen LogP contribution in [0.5, 0.6) is 5.75 Å². The van der Waals surface area contributed by atoms with E-state index in [1.807, 2.05) is 0 Å². The van der Waals surface area contributed by atoms with Gasteiger partial charge in [-0.05, 0) is 38.1 Å². The van der Waals surface area contributed by atoms with Crippen LogP contribution in [0.2, 0.25) is 0 Å². The fraction of sp³-hybridized carbons (Fsp3) is 0.611. The Morgan fingerprint density at radius 3 is 2.27 bits per heavy atom. The van der Waals surface area contributed by atoms with E-state index in [-0.39, 0.29) is 5.69 Å². The molecule has 0 bridgehead atoms. The highest BCUT2D eigenvalue weighted by molar-refractivity contribution is 5.90. The second kappa shape index (κ2) is 11.6. The molecule has 0 radical (unpaired) electrons. The number of nitrogens with one attached hydrogen (secondary N) is 2. The minimum Gasteiger partial charge on any atom is -0.404 e. The van der Waals surface area contributed by atoms with Gasteiger partial charge in [-0.25, -0.2) is 4.79 Å². The third kappa shape index (κ3) is 9.50. The highest BCUT2D eigenvalue weighted by atomic mass is 19.4. The smallest absolute Gasteiger partial charge is 0.404 e. The maximum atomic E-state index is 12.4. The number of hydrogen-bond acceptors (Lipinski definition) is 3. The van der Waals surface area contributed by atoms with Gasteiger partial charge in [0, 0.05) is 13.1 Å². The lowest BCUT2D eigenvalue weighted by Gasteiger charge is -2.22. The molecular weight excluding hydrogens is 347 g/mol. The molecule has 8 heteroatoms. The predicted molar refractivity (Wildman–Crippen MR) is 96.4 cm³/mol. The monoisotopic (exact) mass is 375 g/mol. The number of nitrogens with zero attached hydrogens (tertiary/aromatic N) is 1. The minimum atomic E-state index is -4.81. The number of unbranched alkanes of at least 4 members (excludes halogenated alkanes) is 2. The molecule has 0 saturated heterocycles. The van der Waals surface area contributed by atoms with Crippen LogP contribution in [-0.4, -0.2) is 43.5 Å². The third-order valence-corrected chi connectivity index (χ3v) is 3.73. The summed E-state index contributed by atoms with van der Waals surface area (Å²) in [4.78, 5) is 14.2. The van der Waals surface area contributed by atoms with Crippen molar-refractivity contribution in [3.05, 3.63) is 24.3 Å². The van der Waals surface area contributed by atoms with Crippen molar-refractivity contribution in [1.29, 1.82) is 0 Å². The highest BCUT2D eigenvalue weighted by Crippen LogP contribution is 2.29. The first-order valence-electron chi connectivity index (χ1n) is 8.97. The van der Waals surface area contributed by atoms with Crippen molar-refractivity contribution in [3.63, 3.8) is 0 Å². The lowest BCUT2D eigenvalue weighted by molar-refractivity contribution is -0.274. The number of carbonyl (C=O) groups is 1. The summed E-state index contributed by atoms with van der Waals surface area (Å²) in [5.41, 5.74) is -0.0313. The van der Waals surface area contributed by atoms with E-state index in [4.69, 9.17) is 0 Å². The predicted octanol–water partition coefficient (Wildman–Crippen LogP) is 4.61. The SMILES string of the molecule is CCCCN(CCCC)CCNC(=O)Nc1ccccc1OC(F)(F)F. The summed E-state index contributed by atoms with van der Waals surface area (Å²) in [5, 5.41) is 5.08. The molecular formula is C18H28F3N3O2. The number of hydrogen-bond donors (Lipinski definition) is 2. The van der Waals surface area contributed by atoms with E-state index < -0.39 is 18.1 Å². The molecule has 0 aliphatic carbocycles. The Morgan fingerprint density at radius 2 is 1.69 bits per heavy atom. The molecule has 0 fully saturated rings. The van der Waals surface area contributed by atoms with Crippen molar-refractivity contribution >= 4 is 11.7 Å². The first kappa shape index (κ1) is 22.1. The molecule has 1 rings (SSSR count). The molecule has 0 aliphatic rings. The molecule has 148 valence electrons. The molecule has 0 aliphatic heterocycles. The average molecular weight is 375 g/mol. The molecule has 0 saturated carbocycles. The van der Waals surface area contributed by atoms with E-state index in [1.54, 1.807) is 0 Å². The Labute approximate surface area is 152 Å². The van der Waals surface area contributed by atoms with E-state index in [0.717, 1.165) is 44.8 Å². The normalized spacial score (nSPS) is 11.5. The van der Waals surface area contributed by atoms with Crippen molar-refractivity contribution in [2.75, 3.05) is 31.5 Å². The fourth-order valence-electron chi connectivity index (χ4n) is 2.38. The van der Waals surface area contributed by atoms with Gasteiger partial charge in [-0.15, -0.1) is 13.2 Å². The number of ether oxygens (including phenoxy) is 1. The molecule has 0 unspecified atom stereocenters. The molecule has 5 nitrogen and oxygen atoms in total. The van der Waals surface area contributed by atoms with Gasteiger partial charge in [0.05, 0.1) is 5.69 Å². The fourth-order valence-corrected chi connectivity index (χ4v) is 2.38. The Bertz CT molecular complexity index is 531. The van der Waals surface area contributed by atoms with Gasteiger partial charge in [-0.1, -0.05) is 38.8 Å². The number of urea groups is 1. The average Bonchev–Trinajstić information content (AvgIpc) is 2.57. The Morgan fingerprint density at radius 1 is 1.08 bits per heavy atom. The third-order valence-electron chi connectivity index (χ3n) is 3.73. The Kier molecular flexibility index (Phi) is 9.87. The molecule has 0 spiro atoms. The van der Waals surface area contributed by atoms with Crippen molar-refractivity contribution < 1.29 is 22.7 Å². The molecule has 2 amide bonds. The van der Waals surface area contributed by atoms with Crippen LogP contribution in [0.15, 0.2) is 24.3 Å². The van der Waals surface area contributed by atoms with E-state index in [9.17, 15) is 18.0 Å². The van der Waals surface area contributed by atoms with E-state index in [2.05, 4.69) is 34.1 Å². The molecule has 0 atom stereocenters. The standard InChI is InChI=1S/C18H28F3N3O2/c1-3-5-12-24(13-6-4-2)14-11-22-17(25)23-15-9-7-8-10-16(15)26-18(19,20)21/h7-10H,3-6,11-14H2,1-2H3,(H2,22,23,25). The summed E-state index contributed by atoms with van der Waals surface area (Å²) >= 11 is 0. The highest BCUT2D eigenvalue weighted by Gasteiger charge is 2.32. The van der Waals surface area contributed by atoms with Crippen molar-refractivity contribution in [2.45, 2.75) is 45.9 Å². The number of benzene rings is 1. The van der Waals surface area contributed by atoms with Gasteiger partial charge < -0.3 is 20.3 Å². The van der Waals surface area contributed by atoms with E-state index in [1.165, 1.54) is 18.2 Å². The maximum absolute atomic E-state index is 12.4. The first-order chi connectivity index (χ1) is 12.4. The van der Waals surface area contributed by atoms with Gasteiger partial charge in [0.25, 0.3) is 0 Å². The molecule has 0 heterocycles. The molecule has 1 aromatic rings. The van der Waals surface area contributed by atoms with E-state index in [0.29, 0.717) is 13.1 Å². The number of amides is 2. The molecule has 26 heavy (non-hydrogen) atoms. The quantitative estimate of drug-likeness (QED) is 0.594. The Hall–Kier alpha value is -1.96. The molecule has 1 aromatic carbocycles. The van der Waals surface area contributed by atoms with Gasteiger partial charge in [-0.2, -0.15) is 0 Å². The Balaban J connectivity index is 2.48.